The summed E-state index contributed by atoms with van der Waals surface area (Å²) in [6, 6.07) is 16.0. The molecule has 0 spiro atoms. The predicted molar refractivity (Wildman–Crippen MR) is 123 cm³/mol. The number of rotatable bonds is 7. The molecule has 3 N–H and O–H groups in total. The maximum atomic E-state index is 11.8. The van der Waals surface area contributed by atoms with Gasteiger partial charge in [-0.05, 0) is 44.0 Å². The Kier molecular flexibility index (Phi) is 10.5. The quantitative estimate of drug-likeness (QED) is 0.322. The maximum absolute atomic E-state index is 11.8. The number of nitrogens with one attached hydrogen (secondary N) is 3. The summed E-state index contributed by atoms with van der Waals surface area (Å²) >= 11 is 0. The number of halogens is 1. The molecule has 2 aromatic carbocycles. The standard InChI is InChI=1S/C21H28N4O.HI/c1-4-22-20(26)19-11-9-17(10-12-19)14-24-21(23-5-2)25-15-18-8-6-7-16(3)13-18;/h6-13H,4-5,14-15H2,1-3H3,(H,22,26)(H2,23,24,25);1H. The molecule has 0 saturated heterocycles. The molecule has 0 aromatic heterocycles. The normalized spacial score (nSPS) is 10.7. The second kappa shape index (κ2) is 12.3. The third-order valence-corrected chi connectivity index (χ3v) is 3.86. The Balaban J connectivity index is 0.00000364. The van der Waals surface area contributed by atoms with Crippen molar-refractivity contribution >= 4 is 35.8 Å². The number of hydrogen-bond donors (Lipinski definition) is 3. The van der Waals surface area contributed by atoms with Crippen LogP contribution in [0.25, 0.3) is 0 Å². The molecule has 0 atom stereocenters. The number of hydrogen-bond acceptors (Lipinski definition) is 2. The zero-order valence-electron chi connectivity index (χ0n) is 16.2. The van der Waals surface area contributed by atoms with Gasteiger partial charge in [-0.1, -0.05) is 42.0 Å². The van der Waals surface area contributed by atoms with Crippen LogP contribution >= 0.6 is 24.0 Å². The predicted octanol–water partition coefficient (Wildman–Crippen LogP) is 3.62. The molecule has 2 rings (SSSR count). The van der Waals surface area contributed by atoms with Gasteiger partial charge in [0.2, 0.25) is 0 Å². The molecule has 0 radical (unpaired) electrons. The van der Waals surface area contributed by atoms with E-state index < -0.39 is 0 Å². The molecule has 0 saturated carbocycles. The van der Waals surface area contributed by atoms with Crippen molar-refractivity contribution in [3.63, 3.8) is 0 Å². The highest BCUT2D eigenvalue weighted by atomic mass is 127. The van der Waals surface area contributed by atoms with E-state index in [2.05, 4.69) is 52.1 Å². The first kappa shape index (κ1) is 23.0. The Morgan fingerprint density at radius 3 is 2.26 bits per heavy atom. The van der Waals surface area contributed by atoms with Crippen LogP contribution in [0.1, 0.15) is 40.9 Å². The molecule has 5 nitrogen and oxygen atoms in total. The second-order valence-corrected chi connectivity index (χ2v) is 6.09. The zero-order valence-corrected chi connectivity index (χ0v) is 18.5. The van der Waals surface area contributed by atoms with Crippen LogP contribution in [-0.4, -0.2) is 25.0 Å². The van der Waals surface area contributed by atoms with Gasteiger partial charge < -0.3 is 16.0 Å². The fourth-order valence-electron chi connectivity index (χ4n) is 2.54. The van der Waals surface area contributed by atoms with E-state index in [9.17, 15) is 4.79 Å². The van der Waals surface area contributed by atoms with Crippen molar-refractivity contribution in [1.82, 2.24) is 16.0 Å². The van der Waals surface area contributed by atoms with Crippen molar-refractivity contribution in [1.29, 1.82) is 0 Å². The van der Waals surface area contributed by atoms with Gasteiger partial charge in [-0.2, -0.15) is 0 Å². The third kappa shape index (κ3) is 7.99. The number of aliphatic imine (C=N–C) groups is 1. The number of amides is 1. The molecule has 0 bridgehead atoms. The van der Waals surface area contributed by atoms with E-state index in [1.54, 1.807) is 0 Å². The van der Waals surface area contributed by atoms with Crippen LogP contribution in [0.5, 0.6) is 0 Å². The molecule has 6 heteroatoms. The Morgan fingerprint density at radius 1 is 0.926 bits per heavy atom. The van der Waals surface area contributed by atoms with Crippen molar-refractivity contribution in [3.05, 3.63) is 70.8 Å². The first-order valence-electron chi connectivity index (χ1n) is 9.07. The average molecular weight is 480 g/mol. The number of nitrogens with zero attached hydrogens (tertiary/aromatic N) is 1. The molecule has 2 aromatic rings. The van der Waals surface area contributed by atoms with Crippen LogP contribution in [0.15, 0.2) is 53.5 Å². The van der Waals surface area contributed by atoms with Gasteiger partial charge in [0.25, 0.3) is 5.91 Å². The van der Waals surface area contributed by atoms with E-state index in [0.717, 1.165) is 18.1 Å². The third-order valence-electron chi connectivity index (χ3n) is 3.86. The van der Waals surface area contributed by atoms with Crippen molar-refractivity contribution < 1.29 is 4.79 Å². The van der Waals surface area contributed by atoms with Gasteiger partial charge in [0.15, 0.2) is 5.96 Å². The van der Waals surface area contributed by atoms with Gasteiger partial charge in [0, 0.05) is 25.2 Å². The zero-order chi connectivity index (χ0) is 18.8. The summed E-state index contributed by atoms with van der Waals surface area (Å²) < 4.78 is 0. The average Bonchev–Trinajstić information content (AvgIpc) is 2.65. The van der Waals surface area contributed by atoms with Crippen LogP contribution in [0.3, 0.4) is 0 Å². The lowest BCUT2D eigenvalue weighted by Gasteiger charge is -2.12. The maximum Gasteiger partial charge on any atom is 0.251 e. The molecular formula is C21H29IN4O. The Hall–Kier alpha value is -2.09. The molecule has 0 aliphatic carbocycles. The van der Waals surface area contributed by atoms with Gasteiger partial charge in [-0.3, -0.25) is 4.79 Å². The minimum absolute atomic E-state index is 0. The Bertz CT molecular complexity index is 744. The summed E-state index contributed by atoms with van der Waals surface area (Å²) in [7, 11) is 0. The van der Waals surface area contributed by atoms with E-state index >= 15 is 0 Å². The first-order valence-corrected chi connectivity index (χ1v) is 9.07. The lowest BCUT2D eigenvalue weighted by Crippen LogP contribution is -2.36. The van der Waals surface area contributed by atoms with Crippen LogP contribution < -0.4 is 16.0 Å². The van der Waals surface area contributed by atoms with Crippen LogP contribution in [0, 0.1) is 6.92 Å². The summed E-state index contributed by atoms with van der Waals surface area (Å²) in [5.74, 6) is 0.738. The van der Waals surface area contributed by atoms with Gasteiger partial charge in [0.1, 0.15) is 0 Å². The monoisotopic (exact) mass is 480 g/mol. The Labute approximate surface area is 179 Å². The van der Waals surface area contributed by atoms with E-state index in [1.165, 1.54) is 11.1 Å². The van der Waals surface area contributed by atoms with E-state index in [-0.39, 0.29) is 29.9 Å². The summed E-state index contributed by atoms with van der Waals surface area (Å²) in [6.07, 6.45) is 0. The molecule has 0 aliphatic rings. The van der Waals surface area contributed by atoms with Crippen LogP contribution in [0.2, 0.25) is 0 Å². The number of guanidine groups is 1. The number of carbonyl (C=O) groups is 1. The minimum atomic E-state index is -0.0416. The van der Waals surface area contributed by atoms with Crippen molar-refractivity contribution in [2.75, 3.05) is 13.1 Å². The molecule has 146 valence electrons. The number of benzene rings is 2. The minimum Gasteiger partial charge on any atom is -0.357 e. The number of carbonyl (C=O) groups excluding carboxylic acids is 1. The van der Waals surface area contributed by atoms with Crippen LogP contribution in [0.4, 0.5) is 0 Å². The summed E-state index contributed by atoms with van der Waals surface area (Å²) in [5, 5.41) is 9.39. The Morgan fingerprint density at radius 2 is 1.63 bits per heavy atom. The highest BCUT2D eigenvalue weighted by molar-refractivity contribution is 14.0. The summed E-state index contributed by atoms with van der Waals surface area (Å²) in [5.41, 5.74) is 4.20. The van der Waals surface area contributed by atoms with Crippen LogP contribution in [-0.2, 0) is 13.1 Å². The van der Waals surface area contributed by atoms with Gasteiger partial charge >= 0.3 is 0 Å². The number of aryl methyl sites for hydroxylation is 1. The lowest BCUT2D eigenvalue weighted by molar-refractivity contribution is 0.0956. The SMILES string of the molecule is CCNC(=O)c1ccc(CNC(=NCc2cccc(C)c2)NCC)cc1.I. The molecule has 0 heterocycles. The smallest absolute Gasteiger partial charge is 0.251 e. The molecule has 0 aliphatic heterocycles. The van der Waals surface area contributed by atoms with Crippen molar-refractivity contribution in [3.8, 4) is 0 Å². The summed E-state index contributed by atoms with van der Waals surface area (Å²) in [4.78, 5) is 16.4. The molecule has 0 fully saturated rings. The second-order valence-electron chi connectivity index (χ2n) is 6.09. The first-order chi connectivity index (χ1) is 12.6. The summed E-state index contributed by atoms with van der Waals surface area (Å²) in [6.45, 7) is 8.75. The van der Waals surface area contributed by atoms with Gasteiger partial charge in [-0.15, -0.1) is 24.0 Å². The topological polar surface area (TPSA) is 65.5 Å². The largest absolute Gasteiger partial charge is 0.357 e. The van der Waals surface area contributed by atoms with Crippen molar-refractivity contribution in [2.24, 2.45) is 4.99 Å². The highest BCUT2D eigenvalue weighted by Gasteiger charge is 2.04. The molecule has 1 amide bonds. The van der Waals surface area contributed by atoms with E-state index in [1.807, 2.05) is 38.1 Å². The van der Waals surface area contributed by atoms with E-state index in [0.29, 0.717) is 25.2 Å². The van der Waals surface area contributed by atoms with Gasteiger partial charge in [-0.25, -0.2) is 4.99 Å². The van der Waals surface area contributed by atoms with Crippen molar-refractivity contribution in [2.45, 2.75) is 33.9 Å². The fourth-order valence-corrected chi connectivity index (χ4v) is 2.54. The molecular weight excluding hydrogens is 451 g/mol. The molecule has 27 heavy (non-hydrogen) atoms. The van der Waals surface area contributed by atoms with E-state index in [4.69, 9.17) is 0 Å². The highest BCUT2D eigenvalue weighted by Crippen LogP contribution is 2.06. The molecule has 0 unspecified atom stereocenters. The lowest BCUT2D eigenvalue weighted by atomic mass is 10.1. The fraction of sp³-hybridized carbons (Fsp3) is 0.333. The van der Waals surface area contributed by atoms with Gasteiger partial charge in [0.05, 0.1) is 6.54 Å².